The lowest BCUT2D eigenvalue weighted by atomic mass is 10.2. The predicted molar refractivity (Wildman–Crippen MR) is 45.6 cm³/mol. The highest BCUT2D eigenvalue weighted by atomic mass is 79.9. The van der Waals surface area contributed by atoms with Crippen LogP contribution in [0.1, 0.15) is 0 Å². The van der Waals surface area contributed by atoms with Gasteiger partial charge in [-0.25, -0.2) is 0 Å². The third-order valence-electron chi connectivity index (χ3n) is 1.47. The summed E-state index contributed by atoms with van der Waals surface area (Å²) in [6.45, 7) is 0. The topological polar surface area (TPSA) is 33.4 Å². The van der Waals surface area contributed by atoms with Gasteiger partial charge >= 0.3 is 0 Å². The summed E-state index contributed by atoms with van der Waals surface area (Å²) in [7, 11) is 0. The Labute approximate surface area is 71.6 Å². The zero-order valence-electron chi connectivity index (χ0n) is 5.54. The first-order valence-electron chi connectivity index (χ1n) is 3.14. The van der Waals surface area contributed by atoms with Crippen molar-refractivity contribution in [1.29, 1.82) is 0 Å². The van der Waals surface area contributed by atoms with E-state index in [0.29, 0.717) is 10.3 Å². The molecule has 0 atom stereocenters. The van der Waals surface area contributed by atoms with E-state index in [1.54, 1.807) is 18.2 Å². The van der Waals surface area contributed by atoms with Crippen molar-refractivity contribution in [3.63, 3.8) is 0 Å². The molecule has 2 nitrogen and oxygen atoms in total. The molecule has 1 N–H and O–H groups in total. The Kier molecular flexibility index (Phi) is 1.39. The van der Waals surface area contributed by atoms with Crippen molar-refractivity contribution in [2.24, 2.45) is 0 Å². The van der Waals surface area contributed by atoms with E-state index in [1.807, 2.05) is 6.07 Å². The number of hydrogen-bond donors (Lipinski definition) is 1. The van der Waals surface area contributed by atoms with Crippen LogP contribution in [-0.4, -0.2) is 5.11 Å². The molecule has 0 aliphatic rings. The monoisotopic (exact) mass is 212 g/mol. The summed E-state index contributed by atoms with van der Waals surface area (Å²) in [6, 6.07) is 6.87. The normalized spacial score (nSPS) is 10.6. The lowest BCUT2D eigenvalue weighted by Gasteiger charge is -1.88. The maximum atomic E-state index is 9.06. The Morgan fingerprint density at radius 1 is 1.27 bits per heavy atom. The van der Waals surface area contributed by atoms with E-state index < -0.39 is 0 Å². The highest BCUT2D eigenvalue weighted by Gasteiger charge is 2.00. The highest BCUT2D eigenvalue weighted by molar-refractivity contribution is 9.10. The third kappa shape index (κ3) is 1.12. The second-order valence-corrected chi connectivity index (χ2v) is 3.05. The van der Waals surface area contributed by atoms with Crippen molar-refractivity contribution in [2.45, 2.75) is 0 Å². The smallest absolute Gasteiger partial charge is 0.170 e. The lowest BCUT2D eigenvalue weighted by Crippen LogP contribution is -1.62. The van der Waals surface area contributed by atoms with Crippen LogP contribution in [0.2, 0.25) is 0 Å². The molecule has 3 heteroatoms. The van der Waals surface area contributed by atoms with Gasteiger partial charge in [0.2, 0.25) is 0 Å². The molecule has 2 aromatic rings. The van der Waals surface area contributed by atoms with E-state index in [9.17, 15) is 0 Å². The number of hydrogen-bond acceptors (Lipinski definition) is 2. The molecule has 56 valence electrons. The van der Waals surface area contributed by atoms with Gasteiger partial charge in [0.1, 0.15) is 11.3 Å². The number of phenolic OH excluding ortho intramolecular Hbond substituents is 1. The molecule has 0 spiro atoms. The van der Waals surface area contributed by atoms with Gasteiger partial charge in [-0.2, -0.15) is 0 Å². The number of halogens is 1. The third-order valence-corrected chi connectivity index (χ3v) is 1.86. The van der Waals surface area contributed by atoms with E-state index in [1.165, 1.54) is 0 Å². The summed E-state index contributed by atoms with van der Waals surface area (Å²) in [5.74, 6) is 0.222. The van der Waals surface area contributed by atoms with Crippen molar-refractivity contribution in [3.05, 3.63) is 28.9 Å². The van der Waals surface area contributed by atoms with E-state index >= 15 is 0 Å². The van der Waals surface area contributed by atoms with Crippen LogP contribution in [-0.2, 0) is 0 Å². The number of fused-ring (bicyclic) bond motifs is 1. The molecule has 0 radical (unpaired) electrons. The average molecular weight is 213 g/mol. The second kappa shape index (κ2) is 2.27. The van der Waals surface area contributed by atoms with Crippen LogP contribution in [0.25, 0.3) is 11.0 Å². The van der Waals surface area contributed by atoms with Crippen LogP contribution in [0.4, 0.5) is 0 Å². The van der Waals surface area contributed by atoms with Crippen LogP contribution < -0.4 is 0 Å². The van der Waals surface area contributed by atoms with Gasteiger partial charge in [0.15, 0.2) is 4.67 Å². The van der Waals surface area contributed by atoms with Crippen LogP contribution in [0.15, 0.2) is 33.4 Å². The molecular weight excluding hydrogens is 208 g/mol. The quantitative estimate of drug-likeness (QED) is 0.729. The molecule has 1 heterocycles. The summed E-state index contributed by atoms with van der Waals surface area (Å²) in [6.07, 6.45) is 0. The van der Waals surface area contributed by atoms with Gasteiger partial charge in [-0.1, -0.05) is 0 Å². The van der Waals surface area contributed by atoms with E-state index in [-0.39, 0.29) is 5.75 Å². The number of furan rings is 1. The molecule has 2 rings (SSSR count). The molecule has 11 heavy (non-hydrogen) atoms. The fourth-order valence-electron chi connectivity index (χ4n) is 0.987. The van der Waals surface area contributed by atoms with E-state index in [4.69, 9.17) is 9.52 Å². The Bertz CT molecular complexity index is 392. The zero-order valence-corrected chi connectivity index (χ0v) is 7.13. The van der Waals surface area contributed by atoms with Gasteiger partial charge in [0.05, 0.1) is 0 Å². The molecule has 0 saturated carbocycles. The molecule has 0 aliphatic heterocycles. The van der Waals surface area contributed by atoms with Gasteiger partial charge in [0, 0.05) is 11.5 Å². The van der Waals surface area contributed by atoms with Crippen LogP contribution in [0, 0.1) is 0 Å². The van der Waals surface area contributed by atoms with E-state index in [0.717, 1.165) is 5.39 Å². The highest BCUT2D eigenvalue weighted by Crippen LogP contribution is 2.25. The molecule has 1 aromatic carbocycles. The molecule has 1 aromatic heterocycles. The standard InChI is InChI=1S/C8H5BrO2/c9-8-3-5-1-2-6(10)4-7(5)11-8/h1-4,10H. The van der Waals surface area contributed by atoms with Crippen LogP contribution in [0.5, 0.6) is 5.75 Å². The summed E-state index contributed by atoms with van der Waals surface area (Å²) in [5.41, 5.74) is 0.692. The Hall–Kier alpha value is -0.960. The minimum absolute atomic E-state index is 0.222. The summed E-state index contributed by atoms with van der Waals surface area (Å²) in [4.78, 5) is 0. The fourth-order valence-corrected chi connectivity index (χ4v) is 1.41. The molecule has 0 amide bonds. The maximum absolute atomic E-state index is 9.06. The Morgan fingerprint density at radius 3 is 2.91 bits per heavy atom. The van der Waals surface area contributed by atoms with Gasteiger partial charge < -0.3 is 9.52 Å². The molecule has 0 fully saturated rings. The lowest BCUT2D eigenvalue weighted by molar-refractivity contribution is 0.474. The van der Waals surface area contributed by atoms with Gasteiger partial charge in [-0.15, -0.1) is 0 Å². The van der Waals surface area contributed by atoms with Crippen molar-refractivity contribution in [3.8, 4) is 5.75 Å². The van der Waals surface area contributed by atoms with Crippen molar-refractivity contribution in [1.82, 2.24) is 0 Å². The van der Waals surface area contributed by atoms with Crippen molar-refractivity contribution in [2.75, 3.05) is 0 Å². The molecule has 0 saturated heterocycles. The van der Waals surface area contributed by atoms with Gasteiger partial charge in [-0.3, -0.25) is 0 Å². The zero-order chi connectivity index (χ0) is 7.84. The van der Waals surface area contributed by atoms with Crippen LogP contribution >= 0.6 is 15.9 Å². The van der Waals surface area contributed by atoms with Crippen LogP contribution in [0.3, 0.4) is 0 Å². The fraction of sp³-hybridized carbons (Fsp3) is 0. The SMILES string of the molecule is Oc1ccc2cc(Br)oc2c1. The van der Waals surface area contributed by atoms with Crippen molar-refractivity contribution >= 4 is 26.9 Å². The number of phenols is 1. The Balaban J connectivity index is 2.82. The number of aromatic hydroxyl groups is 1. The summed E-state index contributed by atoms with van der Waals surface area (Å²) in [5, 5.41) is 10.0. The maximum Gasteiger partial charge on any atom is 0.170 e. The number of rotatable bonds is 0. The Morgan fingerprint density at radius 2 is 2.09 bits per heavy atom. The number of benzene rings is 1. The molecule has 0 aliphatic carbocycles. The van der Waals surface area contributed by atoms with E-state index in [2.05, 4.69) is 15.9 Å². The summed E-state index contributed by atoms with van der Waals surface area (Å²) >= 11 is 3.20. The summed E-state index contributed by atoms with van der Waals surface area (Å²) < 4.78 is 5.88. The van der Waals surface area contributed by atoms with Gasteiger partial charge in [0.25, 0.3) is 0 Å². The second-order valence-electron chi connectivity index (χ2n) is 2.27. The first-order valence-corrected chi connectivity index (χ1v) is 3.93. The average Bonchev–Trinajstić information content (AvgIpc) is 2.27. The minimum atomic E-state index is 0.222. The molecule has 0 unspecified atom stereocenters. The molecular formula is C8H5BrO2. The minimum Gasteiger partial charge on any atom is -0.508 e. The van der Waals surface area contributed by atoms with Crippen molar-refractivity contribution < 1.29 is 9.52 Å². The predicted octanol–water partition coefficient (Wildman–Crippen LogP) is 2.90. The van der Waals surface area contributed by atoms with Gasteiger partial charge in [-0.05, 0) is 34.1 Å². The first-order chi connectivity index (χ1) is 5.25. The first kappa shape index (κ1) is 6.73. The molecule has 0 bridgehead atoms. The largest absolute Gasteiger partial charge is 0.508 e.